The molecule has 0 amide bonds. The van der Waals surface area contributed by atoms with E-state index < -0.39 is 0 Å². The van der Waals surface area contributed by atoms with Gasteiger partial charge in [0.05, 0.1) is 18.7 Å². The molecule has 1 unspecified atom stereocenters. The summed E-state index contributed by atoms with van der Waals surface area (Å²) in [6.07, 6.45) is 0.437. The molecule has 3 nitrogen and oxygen atoms in total. The van der Waals surface area contributed by atoms with E-state index >= 15 is 0 Å². The van der Waals surface area contributed by atoms with Crippen molar-refractivity contribution in [1.82, 2.24) is 0 Å². The van der Waals surface area contributed by atoms with Crippen LogP contribution in [0.5, 0.6) is 0 Å². The van der Waals surface area contributed by atoms with Gasteiger partial charge in [0.2, 0.25) is 0 Å². The van der Waals surface area contributed by atoms with Crippen LogP contribution < -0.4 is 0 Å². The molecule has 0 fully saturated rings. The Labute approximate surface area is 110 Å². The quantitative estimate of drug-likeness (QED) is 0.632. The van der Waals surface area contributed by atoms with Crippen LogP contribution in [0.25, 0.3) is 0 Å². The van der Waals surface area contributed by atoms with Gasteiger partial charge in [-0.1, -0.05) is 28.9 Å². The lowest BCUT2D eigenvalue weighted by molar-refractivity contribution is 0.0600. The van der Waals surface area contributed by atoms with Gasteiger partial charge in [0.15, 0.2) is 0 Å². The van der Waals surface area contributed by atoms with Crippen molar-refractivity contribution in [1.29, 1.82) is 5.26 Å². The Morgan fingerprint density at radius 3 is 2.76 bits per heavy atom. The van der Waals surface area contributed by atoms with Crippen molar-refractivity contribution < 1.29 is 9.53 Å². The molecule has 0 aliphatic carbocycles. The largest absolute Gasteiger partial charge is 0.465 e. The number of hydrogen-bond donors (Lipinski definition) is 0. The number of nitriles is 1. The third-order valence-corrected chi connectivity index (χ3v) is 3.20. The summed E-state index contributed by atoms with van der Waals surface area (Å²) in [5.74, 6) is -0.236. The average Bonchev–Trinajstić information content (AvgIpc) is 2.37. The zero-order chi connectivity index (χ0) is 12.8. The van der Waals surface area contributed by atoms with Crippen LogP contribution in [0.15, 0.2) is 18.2 Å². The van der Waals surface area contributed by atoms with Crippen LogP contribution in [0, 0.1) is 11.3 Å². The van der Waals surface area contributed by atoms with Crippen molar-refractivity contribution in [2.75, 3.05) is 7.11 Å². The zero-order valence-electron chi connectivity index (χ0n) is 9.87. The van der Waals surface area contributed by atoms with E-state index in [9.17, 15) is 4.79 Å². The fourth-order valence-corrected chi connectivity index (χ4v) is 1.89. The summed E-state index contributed by atoms with van der Waals surface area (Å²) in [6, 6.07) is 7.73. The second-order valence-corrected chi connectivity index (χ2v) is 4.41. The Hall–Kier alpha value is -1.34. The number of nitrogens with zero attached hydrogens (tertiary/aromatic N) is 1. The predicted octanol–water partition coefficient (Wildman–Crippen LogP) is 3.39. The van der Waals surface area contributed by atoms with E-state index in [0.29, 0.717) is 17.3 Å². The minimum absolute atomic E-state index is 0.113. The maximum Gasteiger partial charge on any atom is 0.337 e. The molecule has 0 aromatic heterocycles. The number of hydrogen-bond acceptors (Lipinski definition) is 3. The smallest absolute Gasteiger partial charge is 0.337 e. The average molecular weight is 296 g/mol. The van der Waals surface area contributed by atoms with Crippen molar-refractivity contribution in [2.45, 2.75) is 24.6 Å². The number of methoxy groups -OCH3 is 1. The van der Waals surface area contributed by atoms with Gasteiger partial charge in [0.1, 0.15) is 0 Å². The number of alkyl halides is 1. The minimum atomic E-state index is -0.349. The third-order valence-electron chi connectivity index (χ3n) is 2.56. The van der Waals surface area contributed by atoms with Crippen LogP contribution in [0.2, 0.25) is 0 Å². The van der Waals surface area contributed by atoms with Crippen molar-refractivity contribution in [2.24, 2.45) is 0 Å². The van der Waals surface area contributed by atoms with Crippen LogP contribution in [-0.2, 0) is 10.1 Å². The van der Waals surface area contributed by atoms with Gasteiger partial charge in [-0.25, -0.2) is 4.79 Å². The maximum atomic E-state index is 11.5. The first-order chi connectivity index (χ1) is 8.12. The first-order valence-electron chi connectivity index (χ1n) is 5.27. The fraction of sp³-hybridized carbons (Fsp3) is 0.385. The first kappa shape index (κ1) is 13.7. The second-order valence-electron chi connectivity index (χ2n) is 3.85. The second kappa shape index (κ2) is 6.41. The molecule has 0 aliphatic rings. The molecule has 0 radical (unpaired) electrons. The van der Waals surface area contributed by atoms with Crippen molar-refractivity contribution in [3.63, 3.8) is 0 Å². The lowest BCUT2D eigenvalue weighted by atomic mass is 9.95. The van der Waals surface area contributed by atoms with Gasteiger partial charge in [-0.05, 0) is 29.2 Å². The normalized spacial score (nSPS) is 11.6. The molecule has 4 heteroatoms. The maximum absolute atomic E-state index is 11.5. The zero-order valence-corrected chi connectivity index (χ0v) is 11.5. The SMILES string of the molecule is COC(=O)c1cc(CBr)cc(C(C)CC#N)c1. The predicted molar refractivity (Wildman–Crippen MR) is 69.1 cm³/mol. The standard InChI is InChI=1S/C13H14BrNO2/c1-9(3-4-15)11-5-10(8-14)6-12(7-11)13(16)17-2/h5-7,9H,3,8H2,1-2H3. The Bertz CT molecular complexity index is 451. The molecule has 0 heterocycles. The minimum Gasteiger partial charge on any atom is -0.465 e. The highest BCUT2D eigenvalue weighted by Gasteiger charge is 2.12. The molecule has 17 heavy (non-hydrogen) atoms. The van der Waals surface area contributed by atoms with E-state index in [4.69, 9.17) is 10.00 Å². The van der Waals surface area contributed by atoms with Crippen LogP contribution >= 0.6 is 15.9 Å². The molecule has 0 spiro atoms. The van der Waals surface area contributed by atoms with E-state index in [2.05, 4.69) is 22.0 Å². The van der Waals surface area contributed by atoms with Gasteiger partial charge in [0.25, 0.3) is 0 Å². The van der Waals surface area contributed by atoms with Crippen LogP contribution in [0.4, 0.5) is 0 Å². The number of carbonyl (C=O) groups excluding carboxylic acids is 1. The molecule has 0 saturated carbocycles. The number of carbonyl (C=O) groups is 1. The van der Waals surface area contributed by atoms with Crippen molar-refractivity contribution in [3.8, 4) is 6.07 Å². The van der Waals surface area contributed by atoms with E-state index in [1.54, 1.807) is 12.1 Å². The molecule has 0 aliphatic heterocycles. The summed E-state index contributed by atoms with van der Waals surface area (Å²) in [6.45, 7) is 1.97. The monoisotopic (exact) mass is 295 g/mol. The number of benzene rings is 1. The summed E-state index contributed by atoms with van der Waals surface area (Å²) < 4.78 is 4.71. The molecular formula is C13H14BrNO2. The molecule has 1 rings (SSSR count). The number of ether oxygens (including phenoxy) is 1. The molecule has 1 aromatic rings. The van der Waals surface area contributed by atoms with Gasteiger partial charge >= 0.3 is 5.97 Å². The number of rotatable bonds is 4. The fourth-order valence-electron chi connectivity index (χ4n) is 1.57. The van der Waals surface area contributed by atoms with Gasteiger partial charge in [-0.3, -0.25) is 0 Å². The summed E-state index contributed by atoms with van der Waals surface area (Å²) >= 11 is 3.37. The van der Waals surface area contributed by atoms with Crippen molar-refractivity contribution >= 4 is 21.9 Å². The first-order valence-corrected chi connectivity index (χ1v) is 6.39. The molecular weight excluding hydrogens is 282 g/mol. The van der Waals surface area contributed by atoms with E-state index in [1.165, 1.54) is 7.11 Å². The summed E-state index contributed by atoms with van der Waals surface area (Å²) in [4.78, 5) is 11.5. The summed E-state index contributed by atoms with van der Waals surface area (Å²) in [5.41, 5.74) is 2.53. The lowest BCUT2D eigenvalue weighted by Crippen LogP contribution is -2.04. The Morgan fingerprint density at radius 1 is 1.53 bits per heavy atom. The molecule has 1 aromatic carbocycles. The third kappa shape index (κ3) is 3.57. The lowest BCUT2D eigenvalue weighted by Gasteiger charge is -2.11. The summed E-state index contributed by atoms with van der Waals surface area (Å²) in [5, 5.41) is 9.37. The molecule has 90 valence electrons. The van der Waals surface area contributed by atoms with Gasteiger partial charge in [-0.15, -0.1) is 0 Å². The Morgan fingerprint density at radius 2 is 2.24 bits per heavy atom. The highest BCUT2D eigenvalue weighted by Crippen LogP contribution is 2.23. The van der Waals surface area contributed by atoms with E-state index in [1.807, 2.05) is 13.0 Å². The molecule has 1 atom stereocenters. The van der Waals surface area contributed by atoms with Crippen LogP contribution in [0.3, 0.4) is 0 Å². The number of halogens is 1. The van der Waals surface area contributed by atoms with E-state index in [0.717, 1.165) is 11.1 Å². The van der Waals surface area contributed by atoms with Crippen LogP contribution in [0.1, 0.15) is 40.7 Å². The highest BCUT2D eigenvalue weighted by molar-refractivity contribution is 9.08. The topological polar surface area (TPSA) is 50.1 Å². The van der Waals surface area contributed by atoms with Crippen LogP contribution in [-0.4, -0.2) is 13.1 Å². The number of esters is 1. The molecule has 0 N–H and O–H groups in total. The van der Waals surface area contributed by atoms with Crippen molar-refractivity contribution in [3.05, 3.63) is 34.9 Å². The highest BCUT2D eigenvalue weighted by atomic mass is 79.9. The Balaban J connectivity index is 3.14. The van der Waals surface area contributed by atoms with Gasteiger partial charge in [-0.2, -0.15) is 5.26 Å². The summed E-state index contributed by atoms with van der Waals surface area (Å²) in [7, 11) is 1.36. The molecule has 0 bridgehead atoms. The van der Waals surface area contributed by atoms with Gasteiger partial charge in [0, 0.05) is 11.8 Å². The Kier molecular flexibility index (Phi) is 5.17. The molecule has 0 saturated heterocycles. The van der Waals surface area contributed by atoms with Gasteiger partial charge < -0.3 is 4.74 Å². The van der Waals surface area contributed by atoms with E-state index in [-0.39, 0.29) is 11.9 Å².